The van der Waals surface area contributed by atoms with Gasteiger partial charge in [-0.2, -0.15) is 0 Å². The number of nitrogens with one attached hydrogen (secondary N) is 1. The van der Waals surface area contributed by atoms with Gasteiger partial charge in [0.2, 0.25) is 0 Å². The Morgan fingerprint density at radius 2 is 2.03 bits per heavy atom. The summed E-state index contributed by atoms with van der Waals surface area (Å²) < 4.78 is 11.7. The van der Waals surface area contributed by atoms with E-state index in [1.54, 1.807) is 6.20 Å². The third kappa shape index (κ3) is 3.84. The van der Waals surface area contributed by atoms with Crippen molar-refractivity contribution in [1.29, 1.82) is 0 Å². The van der Waals surface area contributed by atoms with Gasteiger partial charge in [-0.1, -0.05) is 6.07 Å². The van der Waals surface area contributed by atoms with Gasteiger partial charge in [-0.05, 0) is 35.9 Å². The summed E-state index contributed by atoms with van der Waals surface area (Å²) in [6.07, 6.45) is 5.39. The van der Waals surface area contributed by atoms with E-state index in [2.05, 4.69) is 14.9 Å². The second-order valence-corrected chi connectivity index (χ2v) is 7.83. The van der Waals surface area contributed by atoms with Gasteiger partial charge in [-0.15, -0.1) is 0 Å². The molecule has 0 radical (unpaired) electrons. The molecular formula is C23H26N4O3. The first kappa shape index (κ1) is 19.2. The van der Waals surface area contributed by atoms with Crippen LogP contribution in [0.3, 0.4) is 0 Å². The van der Waals surface area contributed by atoms with E-state index in [1.165, 1.54) is 0 Å². The third-order valence-corrected chi connectivity index (χ3v) is 5.98. The van der Waals surface area contributed by atoms with Gasteiger partial charge in [0.15, 0.2) is 0 Å². The summed E-state index contributed by atoms with van der Waals surface area (Å²) in [6.45, 7) is 5.11. The number of morpholine rings is 2. The number of hydrogen-bond acceptors (Lipinski definition) is 5. The SMILES string of the molecule is O=C(c1ccc2[nH]ccc2c1)N1CCO[C@@H](CN2CCOCC2)[C@@H]1c1cccnc1. The summed E-state index contributed by atoms with van der Waals surface area (Å²) in [4.78, 5) is 25.4. The number of rotatable bonds is 4. The molecule has 2 fully saturated rings. The fraction of sp³-hybridized carbons (Fsp3) is 0.391. The molecule has 3 aromatic rings. The maximum Gasteiger partial charge on any atom is 0.254 e. The molecule has 2 aliphatic rings. The first-order valence-electron chi connectivity index (χ1n) is 10.5. The van der Waals surface area contributed by atoms with Crippen LogP contribution in [0.15, 0.2) is 55.0 Å². The number of aromatic nitrogens is 2. The number of benzene rings is 1. The zero-order valence-corrected chi connectivity index (χ0v) is 16.9. The van der Waals surface area contributed by atoms with Gasteiger partial charge < -0.3 is 19.4 Å². The average molecular weight is 406 g/mol. The Balaban J connectivity index is 1.45. The second kappa shape index (κ2) is 8.55. The minimum atomic E-state index is -0.176. The Morgan fingerprint density at radius 1 is 1.13 bits per heavy atom. The largest absolute Gasteiger partial charge is 0.379 e. The first-order valence-corrected chi connectivity index (χ1v) is 10.5. The highest BCUT2D eigenvalue weighted by Gasteiger charge is 2.38. The van der Waals surface area contributed by atoms with E-state index in [4.69, 9.17) is 9.47 Å². The number of pyridine rings is 1. The maximum atomic E-state index is 13.6. The van der Waals surface area contributed by atoms with Crippen molar-refractivity contribution < 1.29 is 14.3 Å². The molecule has 7 nitrogen and oxygen atoms in total. The number of amides is 1. The number of carbonyl (C=O) groups excluding carboxylic acids is 1. The van der Waals surface area contributed by atoms with Crippen LogP contribution >= 0.6 is 0 Å². The zero-order valence-electron chi connectivity index (χ0n) is 16.9. The van der Waals surface area contributed by atoms with E-state index >= 15 is 0 Å². The van der Waals surface area contributed by atoms with Crippen LogP contribution in [-0.2, 0) is 9.47 Å². The summed E-state index contributed by atoms with van der Waals surface area (Å²) >= 11 is 0. The normalized spacial score (nSPS) is 23.0. The Bertz CT molecular complexity index is 1000. The van der Waals surface area contributed by atoms with Crippen molar-refractivity contribution in [1.82, 2.24) is 19.8 Å². The molecule has 1 N–H and O–H groups in total. The standard InChI is InChI=1S/C23H26N4O3/c28-23(18-3-4-20-17(14-18)5-7-25-20)27-10-13-30-21(16-26-8-11-29-12-9-26)22(27)19-2-1-6-24-15-19/h1-7,14-15,21-22,25H,8-13,16H2/t21-,22-/m0/s1. The van der Waals surface area contributed by atoms with Crippen molar-refractivity contribution in [2.45, 2.75) is 12.1 Å². The molecule has 30 heavy (non-hydrogen) atoms. The van der Waals surface area contributed by atoms with Crippen LogP contribution in [0.2, 0.25) is 0 Å². The quantitative estimate of drug-likeness (QED) is 0.721. The molecule has 1 aromatic carbocycles. The van der Waals surface area contributed by atoms with E-state index in [1.807, 2.05) is 53.7 Å². The van der Waals surface area contributed by atoms with Gasteiger partial charge in [-0.3, -0.25) is 14.7 Å². The molecule has 5 rings (SSSR count). The number of ether oxygens (including phenoxy) is 2. The molecule has 2 atom stereocenters. The van der Waals surface area contributed by atoms with Crippen LogP contribution in [0.4, 0.5) is 0 Å². The summed E-state index contributed by atoms with van der Waals surface area (Å²) in [5.41, 5.74) is 2.73. The molecular weight excluding hydrogens is 380 g/mol. The molecule has 0 unspecified atom stereocenters. The summed E-state index contributed by atoms with van der Waals surface area (Å²) in [5.74, 6) is 0.0298. The Morgan fingerprint density at radius 3 is 2.87 bits per heavy atom. The average Bonchev–Trinajstić information content (AvgIpc) is 3.28. The molecule has 4 heterocycles. The predicted octanol–water partition coefficient (Wildman–Crippen LogP) is 2.48. The summed E-state index contributed by atoms with van der Waals surface area (Å²) in [6, 6.07) is 11.6. The third-order valence-electron chi connectivity index (χ3n) is 5.98. The molecule has 0 bridgehead atoms. The van der Waals surface area contributed by atoms with Gasteiger partial charge in [0.05, 0.1) is 32.0 Å². The van der Waals surface area contributed by atoms with Gasteiger partial charge >= 0.3 is 0 Å². The Kier molecular flexibility index (Phi) is 5.48. The molecule has 2 saturated heterocycles. The van der Waals surface area contributed by atoms with Gasteiger partial charge in [0.25, 0.3) is 5.91 Å². The summed E-state index contributed by atoms with van der Waals surface area (Å²) in [7, 11) is 0. The molecule has 1 amide bonds. The Labute approximate surface area is 175 Å². The van der Waals surface area contributed by atoms with Crippen molar-refractivity contribution in [3.63, 3.8) is 0 Å². The molecule has 0 spiro atoms. The molecule has 0 aliphatic carbocycles. The molecule has 7 heteroatoms. The van der Waals surface area contributed by atoms with Crippen molar-refractivity contribution >= 4 is 16.8 Å². The first-order chi connectivity index (χ1) is 14.8. The molecule has 156 valence electrons. The van der Waals surface area contributed by atoms with E-state index in [-0.39, 0.29) is 18.1 Å². The fourth-order valence-corrected chi connectivity index (χ4v) is 4.45. The van der Waals surface area contributed by atoms with Gasteiger partial charge in [0, 0.05) is 61.2 Å². The Hall–Kier alpha value is -2.74. The topological polar surface area (TPSA) is 70.7 Å². The van der Waals surface area contributed by atoms with E-state index < -0.39 is 0 Å². The van der Waals surface area contributed by atoms with E-state index in [9.17, 15) is 4.79 Å². The minimum absolute atomic E-state index is 0.0298. The zero-order chi connectivity index (χ0) is 20.3. The fourth-order valence-electron chi connectivity index (χ4n) is 4.45. The lowest BCUT2D eigenvalue weighted by atomic mass is 9.97. The van der Waals surface area contributed by atoms with Crippen LogP contribution < -0.4 is 0 Å². The van der Waals surface area contributed by atoms with Gasteiger partial charge in [-0.25, -0.2) is 0 Å². The number of nitrogens with zero attached hydrogens (tertiary/aromatic N) is 3. The molecule has 2 aliphatic heterocycles. The molecule has 0 saturated carbocycles. The lowest BCUT2D eigenvalue weighted by molar-refractivity contribution is -0.0819. The van der Waals surface area contributed by atoms with Crippen LogP contribution in [0.25, 0.3) is 10.9 Å². The number of carbonyl (C=O) groups is 1. The van der Waals surface area contributed by atoms with Crippen LogP contribution in [0.5, 0.6) is 0 Å². The highest BCUT2D eigenvalue weighted by molar-refractivity contribution is 5.98. The predicted molar refractivity (Wildman–Crippen MR) is 113 cm³/mol. The van der Waals surface area contributed by atoms with Crippen molar-refractivity contribution in [2.75, 3.05) is 46.0 Å². The smallest absolute Gasteiger partial charge is 0.254 e. The second-order valence-electron chi connectivity index (χ2n) is 7.83. The maximum absolute atomic E-state index is 13.6. The van der Waals surface area contributed by atoms with E-state index in [0.29, 0.717) is 18.7 Å². The monoisotopic (exact) mass is 406 g/mol. The number of fused-ring (bicyclic) bond motifs is 1. The van der Waals surface area contributed by atoms with Crippen molar-refractivity contribution in [3.05, 3.63) is 66.1 Å². The lowest BCUT2D eigenvalue weighted by Gasteiger charge is -2.43. The summed E-state index contributed by atoms with van der Waals surface area (Å²) in [5, 5.41) is 1.04. The highest BCUT2D eigenvalue weighted by Crippen LogP contribution is 2.32. The lowest BCUT2D eigenvalue weighted by Crippen LogP contribution is -2.53. The number of aromatic amines is 1. The van der Waals surface area contributed by atoms with Gasteiger partial charge in [0.1, 0.15) is 0 Å². The van der Waals surface area contributed by atoms with Crippen molar-refractivity contribution in [3.8, 4) is 0 Å². The number of H-pyrrole nitrogens is 1. The minimum Gasteiger partial charge on any atom is -0.379 e. The van der Waals surface area contributed by atoms with E-state index in [0.717, 1.165) is 49.3 Å². The highest BCUT2D eigenvalue weighted by atomic mass is 16.5. The van der Waals surface area contributed by atoms with Crippen LogP contribution in [0.1, 0.15) is 22.0 Å². The molecule has 2 aromatic heterocycles. The number of hydrogen-bond donors (Lipinski definition) is 1. The van der Waals surface area contributed by atoms with Crippen molar-refractivity contribution in [2.24, 2.45) is 0 Å². The van der Waals surface area contributed by atoms with Crippen LogP contribution in [0, 0.1) is 0 Å². The van der Waals surface area contributed by atoms with Crippen LogP contribution in [-0.4, -0.2) is 77.8 Å².